The third-order valence-electron chi connectivity index (χ3n) is 2.85. The van der Waals surface area contributed by atoms with Crippen LogP contribution < -0.4 is 0 Å². The highest BCUT2D eigenvalue weighted by molar-refractivity contribution is 14.1. The highest BCUT2D eigenvalue weighted by Gasteiger charge is 2.24. The largest absolute Gasteiger partial charge is 0.480 e. The number of carbonyl (C=O) groups is 2. The molecule has 0 aliphatic carbocycles. The van der Waals surface area contributed by atoms with E-state index in [9.17, 15) is 9.59 Å². The van der Waals surface area contributed by atoms with Crippen LogP contribution in [0.3, 0.4) is 0 Å². The van der Waals surface area contributed by atoms with Crippen molar-refractivity contribution in [1.82, 2.24) is 4.90 Å². The predicted molar refractivity (Wildman–Crippen MR) is 85.3 cm³/mol. The van der Waals surface area contributed by atoms with Crippen molar-refractivity contribution >= 4 is 50.4 Å². The van der Waals surface area contributed by atoms with Gasteiger partial charge in [0.05, 0.1) is 5.56 Å². The summed E-state index contributed by atoms with van der Waals surface area (Å²) in [7, 11) is 0. The lowest BCUT2D eigenvalue weighted by Crippen LogP contribution is -2.42. The number of carboxylic acid groups (broad SMARTS) is 1. The Bertz CT molecular complexity index is 493. The molecule has 0 saturated carbocycles. The van der Waals surface area contributed by atoms with Gasteiger partial charge < -0.3 is 10.0 Å². The Hall–Kier alpha value is -0.630. The Kier molecular flexibility index (Phi) is 6.25. The maximum Gasteiger partial charge on any atom is 0.323 e. The van der Waals surface area contributed by atoms with Crippen molar-refractivity contribution in [3.05, 3.63) is 31.8 Å². The molecule has 0 fully saturated rings. The van der Waals surface area contributed by atoms with Crippen LogP contribution in [0.4, 0.5) is 0 Å². The molecule has 1 atom stereocenters. The molecule has 1 rings (SSSR count). The van der Waals surface area contributed by atoms with E-state index in [1.807, 2.05) is 19.9 Å². The summed E-state index contributed by atoms with van der Waals surface area (Å²) >= 11 is 5.46. The molecule has 0 saturated heterocycles. The first-order valence-electron chi connectivity index (χ1n) is 5.84. The van der Waals surface area contributed by atoms with E-state index < -0.39 is 5.97 Å². The minimum absolute atomic E-state index is 0.117. The Balaban J connectivity index is 3.11. The van der Waals surface area contributed by atoms with E-state index in [4.69, 9.17) is 5.11 Å². The van der Waals surface area contributed by atoms with Gasteiger partial charge in [0.1, 0.15) is 6.54 Å². The SMILES string of the molecule is CCC(C)N(CC(=O)O)C(=O)c1cc(I)ccc1Br. The zero-order valence-corrected chi connectivity index (χ0v) is 14.4. The van der Waals surface area contributed by atoms with E-state index in [1.54, 1.807) is 12.1 Å². The molecular formula is C13H15BrINO3. The number of benzene rings is 1. The second-order valence-corrected chi connectivity index (χ2v) is 6.31. The number of nitrogens with zero attached hydrogens (tertiary/aromatic N) is 1. The molecule has 0 aromatic heterocycles. The first-order valence-corrected chi connectivity index (χ1v) is 7.71. The average Bonchev–Trinajstić information content (AvgIpc) is 2.37. The van der Waals surface area contributed by atoms with Gasteiger partial charge in [-0.3, -0.25) is 9.59 Å². The van der Waals surface area contributed by atoms with Gasteiger partial charge in [0.25, 0.3) is 5.91 Å². The van der Waals surface area contributed by atoms with Crippen molar-refractivity contribution in [3.8, 4) is 0 Å². The Morgan fingerprint density at radius 3 is 2.63 bits per heavy atom. The monoisotopic (exact) mass is 439 g/mol. The van der Waals surface area contributed by atoms with E-state index >= 15 is 0 Å². The predicted octanol–water partition coefficient (Wildman–Crippen LogP) is 3.38. The lowest BCUT2D eigenvalue weighted by molar-refractivity contribution is -0.138. The molecule has 0 aliphatic rings. The zero-order valence-electron chi connectivity index (χ0n) is 10.7. The van der Waals surface area contributed by atoms with Crippen LogP contribution in [-0.4, -0.2) is 34.5 Å². The standard InChI is InChI=1S/C13H15BrINO3/c1-3-8(2)16(7-12(17)18)13(19)10-6-9(15)4-5-11(10)14/h4-6,8H,3,7H2,1-2H3,(H,17,18). The normalized spacial score (nSPS) is 12.0. The number of halogens is 2. The van der Waals surface area contributed by atoms with Crippen LogP contribution in [0.15, 0.2) is 22.7 Å². The van der Waals surface area contributed by atoms with E-state index in [0.717, 1.165) is 3.57 Å². The molecule has 19 heavy (non-hydrogen) atoms. The maximum absolute atomic E-state index is 12.5. The smallest absolute Gasteiger partial charge is 0.323 e. The number of amides is 1. The molecule has 0 aliphatic heterocycles. The third-order valence-corrected chi connectivity index (χ3v) is 4.21. The van der Waals surface area contributed by atoms with Gasteiger partial charge >= 0.3 is 5.97 Å². The molecule has 0 radical (unpaired) electrons. The van der Waals surface area contributed by atoms with E-state index in [2.05, 4.69) is 38.5 Å². The quantitative estimate of drug-likeness (QED) is 0.715. The lowest BCUT2D eigenvalue weighted by atomic mass is 10.1. The molecule has 1 N–H and O–H groups in total. The van der Waals surface area contributed by atoms with Crippen molar-refractivity contribution in [1.29, 1.82) is 0 Å². The van der Waals surface area contributed by atoms with Crippen molar-refractivity contribution in [2.75, 3.05) is 6.54 Å². The molecule has 1 unspecified atom stereocenters. The summed E-state index contributed by atoms with van der Waals surface area (Å²) in [4.78, 5) is 24.8. The first-order chi connectivity index (χ1) is 8.86. The summed E-state index contributed by atoms with van der Waals surface area (Å²) in [6.07, 6.45) is 0.709. The number of hydrogen-bond acceptors (Lipinski definition) is 2. The summed E-state index contributed by atoms with van der Waals surface area (Å²) in [6, 6.07) is 5.31. The molecule has 4 nitrogen and oxygen atoms in total. The minimum Gasteiger partial charge on any atom is -0.480 e. The molecule has 0 spiro atoms. The van der Waals surface area contributed by atoms with Crippen LogP contribution in [0.25, 0.3) is 0 Å². The lowest BCUT2D eigenvalue weighted by Gasteiger charge is -2.27. The summed E-state index contributed by atoms with van der Waals surface area (Å²) in [5.41, 5.74) is 0.494. The number of carbonyl (C=O) groups excluding carboxylic acids is 1. The summed E-state index contributed by atoms with van der Waals surface area (Å²) in [6.45, 7) is 3.49. The molecule has 6 heteroatoms. The highest BCUT2D eigenvalue weighted by Crippen LogP contribution is 2.22. The molecular weight excluding hydrogens is 425 g/mol. The van der Waals surface area contributed by atoms with Crippen LogP contribution >= 0.6 is 38.5 Å². The van der Waals surface area contributed by atoms with Crippen molar-refractivity contribution in [3.63, 3.8) is 0 Å². The van der Waals surface area contributed by atoms with E-state index in [0.29, 0.717) is 16.5 Å². The van der Waals surface area contributed by atoms with Crippen molar-refractivity contribution in [2.45, 2.75) is 26.3 Å². The van der Waals surface area contributed by atoms with Gasteiger partial charge in [-0.15, -0.1) is 0 Å². The van der Waals surface area contributed by atoms with Crippen LogP contribution in [-0.2, 0) is 4.79 Å². The Morgan fingerprint density at radius 2 is 2.11 bits per heavy atom. The van der Waals surface area contributed by atoms with Crippen LogP contribution in [0.1, 0.15) is 30.6 Å². The fourth-order valence-electron chi connectivity index (χ4n) is 1.61. The number of carboxylic acids is 1. The fraction of sp³-hybridized carbons (Fsp3) is 0.385. The second-order valence-electron chi connectivity index (χ2n) is 4.21. The van der Waals surface area contributed by atoms with Gasteiger partial charge in [0.2, 0.25) is 0 Å². The molecule has 1 aromatic rings. The summed E-state index contributed by atoms with van der Waals surface area (Å²) in [5.74, 6) is -1.27. The van der Waals surface area contributed by atoms with E-state index in [1.165, 1.54) is 4.90 Å². The van der Waals surface area contributed by atoms with Crippen molar-refractivity contribution < 1.29 is 14.7 Å². The highest BCUT2D eigenvalue weighted by atomic mass is 127. The molecule has 0 bridgehead atoms. The average molecular weight is 440 g/mol. The number of aliphatic carboxylic acids is 1. The van der Waals surface area contributed by atoms with Gasteiger partial charge in [0, 0.05) is 14.1 Å². The topological polar surface area (TPSA) is 57.6 Å². The Labute approximate surface area is 134 Å². The van der Waals surface area contributed by atoms with Gasteiger partial charge in [0.15, 0.2) is 0 Å². The van der Waals surface area contributed by atoms with Crippen molar-refractivity contribution in [2.24, 2.45) is 0 Å². The van der Waals surface area contributed by atoms with Gasteiger partial charge in [-0.05, 0) is 70.1 Å². The third kappa shape index (κ3) is 4.45. The summed E-state index contributed by atoms with van der Waals surface area (Å²) in [5, 5.41) is 8.94. The van der Waals surface area contributed by atoms with Crippen LogP contribution in [0.5, 0.6) is 0 Å². The first kappa shape index (κ1) is 16.4. The van der Waals surface area contributed by atoms with E-state index in [-0.39, 0.29) is 18.5 Å². The molecule has 104 valence electrons. The Morgan fingerprint density at radius 1 is 1.47 bits per heavy atom. The van der Waals surface area contributed by atoms with Gasteiger partial charge in [-0.2, -0.15) is 0 Å². The number of hydrogen-bond donors (Lipinski definition) is 1. The molecule has 0 heterocycles. The number of rotatable bonds is 5. The summed E-state index contributed by atoms with van der Waals surface area (Å²) < 4.78 is 1.61. The fourth-order valence-corrected chi connectivity index (χ4v) is 2.52. The molecule has 1 aromatic carbocycles. The minimum atomic E-state index is -1.00. The van der Waals surface area contributed by atoms with Gasteiger partial charge in [-0.25, -0.2) is 0 Å². The van der Waals surface area contributed by atoms with Crippen LogP contribution in [0, 0.1) is 3.57 Å². The second kappa shape index (κ2) is 7.23. The maximum atomic E-state index is 12.5. The zero-order chi connectivity index (χ0) is 14.6. The van der Waals surface area contributed by atoms with Crippen LogP contribution in [0.2, 0.25) is 0 Å². The molecule has 1 amide bonds. The van der Waals surface area contributed by atoms with Gasteiger partial charge in [-0.1, -0.05) is 6.92 Å².